The van der Waals surface area contributed by atoms with Gasteiger partial charge in [0.2, 0.25) is 5.91 Å². The van der Waals surface area contributed by atoms with Gasteiger partial charge in [-0.1, -0.05) is 6.07 Å². The highest BCUT2D eigenvalue weighted by Gasteiger charge is 2.50. The molecule has 2 fully saturated rings. The number of alkyl carbamates (subject to hydrolysis) is 1. The van der Waals surface area contributed by atoms with Crippen LogP contribution in [0.2, 0.25) is 0 Å². The molecule has 0 bridgehead atoms. The maximum absolute atomic E-state index is 14.4. The highest BCUT2D eigenvalue weighted by molar-refractivity contribution is 5.83. The van der Waals surface area contributed by atoms with Gasteiger partial charge in [0, 0.05) is 44.1 Å². The topological polar surface area (TPSA) is 79.0 Å². The number of amides is 3. The molecule has 3 atom stereocenters. The summed E-state index contributed by atoms with van der Waals surface area (Å²) in [6.07, 6.45) is -5.81. The number of ether oxygens (including phenoxy) is 1. The van der Waals surface area contributed by atoms with Crippen LogP contribution in [0.5, 0.6) is 0 Å². The van der Waals surface area contributed by atoms with Crippen LogP contribution in [0.3, 0.4) is 0 Å². The number of halogens is 5. The fourth-order valence-corrected chi connectivity index (χ4v) is 4.73. The van der Waals surface area contributed by atoms with Gasteiger partial charge in [0.25, 0.3) is 0 Å². The maximum Gasteiger partial charge on any atom is 0.471 e. The number of nitrogens with zero attached hydrogens (tertiary/aromatic N) is 2. The Hall–Kier alpha value is -2.92. The summed E-state index contributed by atoms with van der Waals surface area (Å²) >= 11 is 0. The summed E-state index contributed by atoms with van der Waals surface area (Å²) in [5, 5.41) is 2.56. The predicted molar refractivity (Wildman–Crippen MR) is 119 cm³/mol. The van der Waals surface area contributed by atoms with Crippen molar-refractivity contribution in [3.8, 4) is 0 Å². The molecular formula is C24H30F5N3O4. The molecule has 0 unspecified atom stereocenters. The monoisotopic (exact) mass is 519 g/mol. The molecule has 3 amide bonds. The van der Waals surface area contributed by atoms with Crippen LogP contribution in [0.4, 0.5) is 26.7 Å². The molecule has 2 aliphatic heterocycles. The number of alkyl halides is 3. The maximum atomic E-state index is 14.4. The lowest BCUT2D eigenvalue weighted by molar-refractivity contribution is -0.184. The molecule has 1 N–H and O–H groups in total. The van der Waals surface area contributed by atoms with Crippen LogP contribution < -0.4 is 5.32 Å². The van der Waals surface area contributed by atoms with Gasteiger partial charge in [-0.05, 0) is 51.7 Å². The molecule has 7 nitrogen and oxygen atoms in total. The first-order valence-corrected chi connectivity index (χ1v) is 11.6. The number of hydrogen-bond donors (Lipinski definition) is 1. The van der Waals surface area contributed by atoms with E-state index in [0.717, 1.165) is 6.07 Å². The van der Waals surface area contributed by atoms with E-state index in [9.17, 15) is 36.3 Å². The van der Waals surface area contributed by atoms with E-state index in [-0.39, 0.29) is 43.0 Å². The van der Waals surface area contributed by atoms with Crippen molar-refractivity contribution in [3.63, 3.8) is 0 Å². The second kappa shape index (κ2) is 10.2. The molecule has 2 heterocycles. The minimum Gasteiger partial charge on any atom is -0.444 e. The number of aryl methyl sites for hydroxylation is 1. The Labute approximate surface area is 205 Å². The summed E-state index contributed by atoms with van der Waals surface area (Å²) < 4.78 is 72.0. The summed E-state index contributed by atoms with van der Waals surface area (Å²) in [5.74, 6) is -4.24. The lowest BCUT2D eigenvalue weighted by Crippen LogP contribution is -2.47. The van der Waals surface area contributed by atoms with Crippen molar-refractivity contribution in [2.75, 3.05) is 19.6 Å². The van der Waals surface area contributed by atoms with Gasteiger partial charge in [0.05, 0.1) is 6.04 Å². The standard InChI is InChI=1S/C24H30F5N3O4/c1-13-7-15(18(26)10-17(13)25)8-16(30-22(35)36-23(2,3)4)9-20(33)32-6-5-14-11-31(12-19(14)32)21(34)24(27,28)29/h7,10,14,16,19H,5-6,8-9,11-12H2,1-4H3,(H,30,35)/t14-,16+,19+/m0/s1. The number of fused-ring (bicyclic) bond motifs is 1. The van der Waals surface area contributed by atoms with E-state index in [4.69, 9.17) is 4.74 Å². The molecule has 0 radical (unpaired) electrons. The van der Waals surface area contributed by atoms with Gasteiger partial charge in [-0.25, -0.2) is 13.6 Å². The van der Waals surface area contributed by atoms with Crippen LogP contribution >= 0.6 is 0 Å². The van der Waals surface area contributed by atoms with Gasteiger partial charge >= 0.3 is 18.2 Å². The third kappa shape index (κ3) is 6.64. The predicted octanol–water partition coefficient (Wildman–Crippen LogP) is 3.72. The molecule has 1 aromatic rings. The molecule has 36 heavy (non-hydrogen) atoms. The third-order valence-corrected chi connectivity index (χ3v) is 6.33. The van der Waals surface area contributed by atoms with Gasteiger partial charge in [-0.3, -0.25) is 9.59 Å². The van der Waals surface area contributed by atoms with Crippen molar-refractivity contribution < 1.29 is 41.1 Å². The Morgan fingerprint density at radius 2 is 1.78 bits per heavy atom. The summed E-state index contributed by atoms with van der Waals surface area (Å²) in [7, 11) is 0. The number of hydrogen-bond acceptors (Lipinski definition) is 4. The lowest BCUT2D eigenvalue weighted by atomic mass is 9.99. The van der Waals surface area contributed by atoms with Crippen molar-refractivity contribution in [1.82, 2.24) is 15.1 Å². The molecule has 2 saturated heterocycles. The molecular weight excluding hydrogens is 489 g/mol. The van der Waals surface area contributed by atoms with Crippen LogP contribution in [0.1, 0.15) is 44.7 Å². The zero-order valence-electron chi connectivity index (χ0n) is 20.5. The fourth-order valence-electron chi connectivity index (χ4n) is 4.73. The normalized spacial score (nSPS) is 20.8. The molecule has 0 aliphatic carbocycles. The number of likely N-dealkylation sites (tertiary alicyclic amines) is 2. The van der Waals surface area contributed by atoms with Gasteiger partial charge in [-0.15, -0.1) is 0 Å². The number of carbonyl (C=O) groups is 3. The Morgan fingerprint density at radius 1 is 1.11 bits per heavy atom. The number of rotatable bonds is 5. The number of benzene rings is 1. The zero-order valence-corrected chi connectivity index (χ0v) is 20.5. The third-order valence-electron chi connectivity index (χ3n) is 6.33. The highest BCUT2D eigenvalue weighted by atomic mass is 19.4. The summed E-state index contributed by atoms with van der Waals surface area (Å²) in [5.41, 5.74) is -0.557. The second-order valence-electron chi connectivity index (χ2n) is 10.4. The zero-order chi connectivity index (χ0) is 27.0. The molecule has 2 aliphatic rings. The largest absolute Gasteiger partial charge is 0.471 e. The summed E-state index contributed by atoms with van der Waals surface area (Å²) in [6.45, 7) is 6.37. The van der Waals surface area contributed by atoms with Gasteiger partial charge in [0.15, 0.2) is 0 Å². The molecule has 3 rings (SSSR count). The second-order valence-corrected chi connectivity index (χ2v) is 10.4. The molecule has 12 heteroatoms. The van der Waals surface area contributed by atoms with Gasteiger partial charge < -0.3 is 19.9 Å². The minimum atomic E-state index is -4.99. The summed E-state index contributed by atoms with van der Waals surface area (Å²) in [6, 6.07) is 0.519. The van der Waals surface area contributed by atoms with Crippen molar-refractivity contribution in [2.24, 2.45) is 5.92 Å². The number of nitrogens with one attached hydrogen (secondary N) is 1. The molecule has 0 aromatic heterocycles. The first kappa shape index (κ1) is 27.7. The van der Waals surface area contributed by atoms with E-state index in [1.54, 1.807) is 20.8 Å². The summed E-state index contributed by atoms with van der Waals surface area (Å²) in [4.78, 5) is 39.4. The van der Waals surface area contributed by atoms with E-state index in [1.807, 2.05) is 0 Å². The van der Waals surface area contributed by atoms with Crippen molar-refractivity contribution in [3.05, 3.63) is 34.9 Å². The average molecular weight is 520 g/mol. The lowest BCUT2D eigenvalue weighted by Gasteiger charge is -2.28. The van der Waals surface area contributed by atoms with Crippen LogP contribution in [0.25, 0.3) is 0 Å². The van der Waals surface area contributed by atoms with E-state index in [1.165, 1.54) is 17.9 Å². The fraction of sp³-hybridized carbons (Fsp3) is 0.625. The van der Waals surface area contributed by atoms with Crippen LogP contribution in [0, 0.1) is 24.5 Å². The van der Waals surface area contributed by atoms with Crippen molar-refractivity contribution in [2.45, 2.75) is 70.8 Å². The molecule has 1 aromatic carbocycles. The van der Waals surface area contributed by atoms with Crippen LogP contribution in [-0.2, 0) is 20.7 Å². The van der Waals surface area contributed by atoms with E-state index in [2.05, 4.69) is 5.32 Å². The van der Waals surface area contributed by atoms with Crippen molar-refractivity contribution in [1.29, 1.82) is 0 Å². The Balaban J connectivity index is 1.74. The SMILES string of the molecule is Cc1cc(C[C@H](CC(=O)N2CC[C@H]3CN(C(=O)C(F)(F)F)C[C@H]32)NC(=O)OC(C)(C)C)c(F)cc1F. The van der Waals surface area contributed by atoms with E-state index in [0.29, 0.717) is 17.9 Å². The van der Waals surface area contributed by atoms with E-state index >= 15 is 0 Å². The van der Waals surface area contributed by atoms with Crippen molar-refractivity contribution >= 4 is 17.9 Å². The average Bonchev–Trinajstić information content (AvgIpc) is 3.29. The van der Waals surface area contributed by atoms with E-state index < -0.39 is 53.4 Å². The Bertz CT molecular complexity index is 1020. The van der Waals surface area contributed by atoms with Crippen LogP contribution in [-0.4, -0.2) is 71.2 Å². The molecule has 200 valence electrons. The molecule has 0 saturated carbocycles. The highest BCUT2D eigenvalue weighted by Crippen LogP contribution is 2.34. The smallest absolute Gasteiger partial charge is 0.444 e. The Morgan fingerprint density at radius 3 is 2.39 bits per heavy atom. The van der Waals surface area contributed by atoms with Crippen LogP contribution in [0.15, 0.2) is 12.1 Å². The van der Waals surface area contributed by atoms with Gasteiger partial charge in [-0.2, -0.15) is 13.2 Å². The minimum absolute atomic E-state index is 0.0878. The first-order valence-electron chi connectivity index (χ1n) is 11.6. The van der Waals surface area contributed by atoms with Gasteiger partial charge in [0.1, 0.15) is 17.2 Å². The molecule has 0 spiro atoms. The first-order chi connectivity index (χ1) is 16.5. The quantitative estimate of drug-likeness (QED) is 0.602. The number of carbonyl (C=O) groups excluding carboxylic acids is 3. The Kier molecular flexibility index (Phi) is 7.85.